The van der Waals surface area contributed by atoms with Crippen LogP contribution in [0.1, 0.15) is 43.4 Å². The maximum Gasteiger partial charge on any atom is -0.0115 e. The highest BCUT2D eigenvalue weighted by Crippen LogP contribution is 2.29. The molecule has 0 aliphatic heterocycles. The van der Waals surface area contributed by atoms with E-state index in [1.165, 1.54) is 16.7 Å². The van der Waals surface area contributed by atoms with Gasteiger partial charge in [-0.15, -0.1) is 0 Å². The van der Waals surface area contributed by atoms with Gasteiger partial charge in [0.1, 0.15) is 0 Å². The van der Waals surface area contributed by atoms with Crippen molar-refractivity contribution in [3.63, 3.8) is 0 Å². The predicted molar refractivity (Wildman–Crippen MR) is 84.3 cm³/mol. The second-order valence-corrected chi connectivity index (χ2v) is 3.88. The van der Waals surface area contributed by atoms with Crippen LogP contribution in [-0.2, 0) is 0 Å². The summed E-state index contributed by atoms with van der Waals surface area (Å²) >= 11 is 0. The topological polar surface area (TPSA) is 0 Å². The van der Waals surface area contributed by atoms with Crippen LogP contribution >= 0.6 is 0 Å². The van der Waals surface area contributed by atoms with Crippen LogP contribution in [0.4, 0.5) is 0 Å². The van der Waals surface area contributed by atoms with Crippen molar-refractivity contribution in [2.75, 3.05) is 0 Å². The van der Waals surface area contributed by atoms with Crippen LogP contribution in [0, 0.1) is 0 Å². The smallest absolute Gasteiger partial charge is 0.0115 e. The normalized spacial score (nSPS) is 13.1. The third kappa shape index (κ3) is 3.10. The molecule has 0 saturated heterocycles. The highest BCUT2D eigenvalue weighted by molar-refractivity contribution is 5.79. The summed E-state index contributed by atoms with van der Waals surface area (Å²) in [5, 5.41) is 0. The molecule has 0 heteroatoms. The lowest BCUT2D eigenvalue weighted by atomic mass is 9.91. The molecule has 0 N–H and O–H groups in total. The molecule has 0 fully saturated rings. The molecule has 0 radical (unpaired) electrons. The summed E-state index contributed by atoms with van der Waals surface area (Å²) in [6, 6.07) is 6.32. The Morgan fingerprint density at radius 2 is 1.89 bits per heavy atom. The standard InChI is InChI=1S/C16H16.C2H6/c1-3-13-11-8-12-16(15(13)4-2)14-9-6-5-7-10-14;1-2/h3-6,8-9,11-12H,1-2,7,10H2;1-2H3. The van der Waals surface area contributed by atoms with E-state index in [0.29, 0.717) is 0 Å². The van der Waals surface area contributed by atoms with Gasteiger partial charge in [-0.05, 0) is 35.1 Å². The van der Waals surface area contributed by atoms with Gasteiger partial charge in [0.25, 0.3) is 0 Å². The quantitative estimate of drug-likeness (QED) is 0.630. The Kier molecular flexibility index (Phi) is 5.93. The van der Waals surface area contributed by atoms with Gasteiger partial charge in [0, 0.05) is 0 Å². The largest absolute Gasteiger partial charge is 0.0984 e. The zero-order chi connectivity index (χ0) is 13.4. The van der Waals surface area contributed by atoms with Crippen LogP contribution in [-0.4, -0.2) is 0 Å². The first-order valence-electron chi connectivity index (χ1n) is 6.61. The number of rotatable bonds is 3. The second kappa shape index (κ2) is 7.50. The van der Waals surface area contributed by atoms with E-state index in [0.717, 1.165) is 18.4 Å². The fourth-order valence-electron chi connectivity index (χ4n) is 2.10. The fourth-order valence-corrected chi connectivity index (χ4v) is 2.10. The van der Waals surface area contributed by atoms with E-state index in [1.54, 1.807) is 0 Å². The van der Waals surface area contributed by atoms with Crippen LogP contribution in [0.15, 0.2) is 49.6 Å². The Bertz CT molecular complexity index is 473. The number of hydrogen-bond donors (Lipinski definition) is 0. The minimum Gasteiger partial charge on any atom is -0.0984 e. The zero-order valence-corrected chi connectivity index (χ0v) is 11.4. The van der Waals surface area contributed by atoms with E-state index >= 15 is 0 Å². The van der Waals surface area contributed by atoms with Crippen molar-refractivity contribution in [2.24, 2.45) is 0 Å². The maximum absolute atomic E-state index is 3.90. The molecule has 94 valence electrons. The van der Waals surface area contributed by atoms with Gasteiger partial charge in [0.15, 0.2) is 0 Å². The van der Waals surface area contributed by atoms with Crippen molar-refractivity contribution >= 4 is 17.7 Å². The van der Waals surface area contributed by atoms with Crippen molar-refractivity contribution in [3.05, 3.63) is 66.3 Å². The molecule has 0 unspecified atom stereocenters. The number of allylic oxidation sites excluding steroid dienone is 4. The average Bonchev–Trinajstić information content (AvgIpc) is 2.49. The van der Waals surface area contributed by atoms with Gasteiger partial charge in [-0.1, -0.05) is 75.6 Å². The Morgan fingerprint density at radius 3 is 2.44 bits per heavy atom. The van der Waals surface area contributed by atoms with Crippen LogP contribution in [0.25, 0.3) is 17.7 Å². The van der Waals surface area contributed by atoms with Crippen LogP contribution in [0.2, 0.25) is 0 Å². The van der Waals surface area contributed by atoms with Gasteiger partial charge >= 0.3 is 0 Å². The minimum atomic E-state index is 1.11. The molecular weight excluding hydrogens is 216 g/mol. The van der Waals surface area contributed by atoms with Gasteiger partial charge in [-0.25, -0.2) is 0 Å². The van der Waals surface area contributed by atoms with Gasteiger partial charge in [-0.2, -0.15) is 0 Å². The number of hydrogen-bond acceptors (Lipinski definition) is 0. The van der Waals surface area contributed by atoms with E-state index in [9.17, 15) is 0 Å². The summed E-state index contributed by atoms with van der Waals surface area (Å²) in [5.74, 6) is 0. The summed E-state index contributed by atoms with van der Waals surface area (Å²) in [7, 11) is 0. The molecule has 0 bridgehead atoms. The molecule has 0 aromatic heterocycles. The monoisotopic (exact) mass is 238 g/mol. The fraction of sp³-hybridized carbons (Fsp3) is 0.222. The van der Waals surface area contributed by atoms with Crippen molar-refractivity contribution < 1.29 is 0 Å². The lowest BCUT2D eigenvalue weighted by Crippen LogP contribution is -1.93. The Balaban J connectivity index is 0.000000771. The van der Waals surface area contributed by atoms with Crippen LogP contribution < -0.4 is 0 Å². The SMILES string of the molecule is C=Cc1cccc(C2=CC=CCC2)c1C=C.CC. The lowest BCUT2D eigenvalue weighted by Gasteiger charge is -2.14. The summed E-state index contributed by atoms with van der Waals surface area (Å²) in [5.41, 5.74) is 5.03. The molecule has 0 spiro atoms. The Labute approximate surface area is 111 Å². The van der Waals surface area contributed by atoms with Crippen LogP contribution in [0.3, 0.4) is 0 Å². The van der Waals surface area contributed by atoms with E-state index in [1.807, 2.05) is 26.0 Å². The van der Waals surface area contributed by atoms with Crippen LogP contribution in [0.5, 0.6) is 0 Å². The number of benzene rings is 1. The molecule has 1 aromatic carbocycles. The molecule has 1 aliphatic rings. The molecule has 0 atom stereocenters. The van der Waals surface area contributed by atoms with Crippen molar-refractivity contribution in [3.8, 4) is 0 Å². The molecular formula is C18H22. The third-order valence-corrected chi connectivity index (χ3v) is 2.92. The second-order valence-electron chi connectivity index (χ2n) is 3.88. The third-order valence-electron chi connectivity index (χ3n) is 2.92. The Morgan fingerprint density at radius 1 is 1.11 bits per heavy atom. The molecule has 2 rings (SSSR count). The molecule has 18 heavy (non-hydrogen) atoms. The maximum atomic E-state index is 3.90. The summed E-state index contributed by atoms with van der Waals surface area (Å²) in [6.07, 6.45) is 12.6. The lowest BCUT2D eigenvalue weighted by molar-refractivity contribution is 1.05. The molecule has 1 aliphatic carbocycles. The van der Waals surface area contributed by atoms with Gasteiger partial charge in [-0.3, -0.25) is 0 Å². The zero-order valence-electron chi connectivity index (χ0n) is 11.4. The highest BCUT2D eigenvalue weighted by Gasteiger charge is 2.08. The molecule has 0 amide bonds. The highest BCUT2D eigenvalue weighted by atomic mass is 14.1. The first-order chi connectivity index (χ1) is 8.86. The van der Waals surface area contributed by atoms with Gasteiger partial charge < -0.3 is 0 Å². The van der Waals surface area contributed by atoms with Crippen molar-refractivity contribution in [2.45, 2.75) is 26.7 Å². The molecule has 0 saturated carbocycles. The van der Waals surface area contributed by atoms with Crippen molar-refractivity contribution in [1.82, 2.24) is 0 Å². The molecule has 1 aromatic rings. The predicted octanol–water partition coefficient (Wildman–Crippen LogP) is 5.73. The average molecular weight is 238 g/mol. The van der Waals surface area contributed by atoms with E-state index in [2.05, 4.69) is 49.6 Å². The van der Waals surface area contributed by atoms with Gasteiger partial charge in [0.2, 0.25) is 0 Å². The summed E-state index contributed by atoms with van der Waals surface area (Å²) < 4.78 is 0. The van der Waals surface area contributed by atoms with E-state index < -0.39 is 0 Å². The molecule has 0 heterocycles. The van der Waals surface area contributed by atoms with E-state index in [-0.39, 0.29) is 0 Å². The van der Waals surface area contributed by atoms with E-state index in [4.69, 9.17) is 0 Å². The van der Waals surface area contributed by atoms with Gasteiger partial charge in [0.05, 0.1) is 0 Å². The minimum absolute atomic E-state index is 1.11. The summed E-state index contributed by atoms with van der Waals surface area (Å²) in [4.78, 5) is 0. The first-order valence-corrected chi connectivity index (χ1v) is 6.61. The first kappa shape index (κ1) is 14.2. The Hall–Kier alpha value is -1.82. The molecule has 0 nitrogen and oxygen atoms in total. The van der Waals surface area contributed by atoms with Crippen molar-refractivity contribution in [1.29, 1.82) is 0 Å². The summed E-state index contributed by atoms with van der Waals surface area (Å²) in [6.45, 7) is 11.7.